The third-order valence-electron chi connectivity index (χ3n) is 2.68. The van der Waals surface area contributed by atoms with Crippen molar-refractivity contribution in [3.8, 4) is 0 Å². The molecule has 0 radical (unpaired) electrons. The molecular formula is C13H21NO3. The molecule has 0 atom stereocenters. The summed E-state index contributed by atoms with van der Waals surface area (Å²) in [6.45, 7) is 5.32. The quantitative estimate of drug-likeness (QED) is 0.670. The Morgan fingerprint density at radius 2 is 2.00 bits per heavy atom. The Bertz CT molecular complexity index is 320. The van der Waals surface area contributed by atoms with Crippen LogP contribution in [0.2, 0.25) is 0 Å². The van der Waals surface area contributed by atoms with Crippen LogP contribution < -0.4 is 5.32 Å². The molecule has 0 unspecified atom stereocenters. The molecule has 2 rings (SSSR count). The van der Waals surface area contributed by atoms with Gasteiger partial charge in [0.05, 0.1) is 19.8 Å². The zero-order valence-electron chi connectivity index (χ0n) is 10.4. The maximum atomic E-state index is 5.64. The maximum absolute atomic E-state index is 5.64. The van der Waals surface area contributed by atoms with Crippen LogP contribution in [0.15, 0.2) is 16.5 Å². The van der Waals surface area contributed by atoms with E-state index in [9.17, 15) is 0 Å². The Balaban J connectivity index is 1.59. The monoisotopic (exact) mass is 239 g/mol. The van der Waals surface area contributed by atoms with Gasteiger partial charge in [-0.1, -0.05) is 0 Å². The smallest absolute Gasteiger partial charge is 0.129 e. The van der Waals surface area contributed by atoms with Crippen LogP contribution in [0.5, 0.6) is 0 Å². The Kier molecular flexibility index (Phi) is 5.04. The van der Waals surface area contributed by atoms with Crippen LogP contribution >= 0.6 is 0 Å². The molecule has 17 heavy (non-hydrogen) atoms. The molecule has 0 bridgehead atoms. The molecule has 1 saturated carbocycles. The number of hydrogen-bond acceptors (Lipinski definition) is 4. The lowest BCUT2D eigenvalue weighted by atomic mass is 10.4. The van der Waals surface area contributed by atoms with E-state index < -0.39 is 0 Å². The van der Waals surface area contributed by atoms with Gasteiger partial charge in [-0.3, -0.25) is 0 Å². The Morgan fingerprint density at radius 3 is 2.76 bits per heavy atom. The molecule has 1 aliphatic carbocycles. The van der Waals surface area contributed by atoms with E-state index in [1.54, 1.807) is 0 Å². The Hall–Kier alpha value is -0.840. The van der Waals surface area contributed by atoms with Crippen molar-refractivity contribution in [1.29, 1.82) is 0 Å². The van der Waals surface area contributed by atoms with E-state index in [4.69, 9.17) is 13.9 Å². The third kappa shape index (κ3) is 4.89. The molecule has 1 N–H and O–H groups in total. The summed E-state index contributed by atoms with van der Waals surface area (Å²) >= 11 is 0. The van der Waals surface area contributed by atoms with Gasteiger partial charge in [-0.25, -0.2) is 0 Å². The van der Waals surface area contributed by atoms with Gasteiger partial charge < -0.3 is 19.2 Å². The van der Waals surface area contributed by atoms with Crippen LogP contribution in [0.25, 0.3) is 0 Å². The van der Waals surface area contributed by atoms with E-state index >= 15 is 0 Å². The topological polar surface area (TPSA) is 43.6 Å². The second-order valence-electron chi connectivity index (χ2n) is 4.27. The van der Waals surface area contributed by atoms with Crippen molar-refractivity contribution in [1.82, 2.24) is 5.32 Å². The highest BCUT2D eigenvalue weighted by Gasteiger charge is 2.20. The lowest BCUT2D eigenvalue weighted by Gasteiger charge is -2.02. The first-order valence-electron chi connectivity index (χ1n) is 6.35. The summed E-state index contributed by atoms with van der Waals surface area (Å²) in [4.78, 5) is 0. The van der Waals surface area contributed by atoms with Gasteiger partial charge in [-0.15, -0.1) is 0 Å². The van der Waals surface area contributed by atoms with Crippen molar-refractivity contribution < 1.29 is 13.9 Å². The Morgan fingerprint density at radius 1 is 1.24 bits per heavy atom. The van der Waals surface area contributed by atoms with Gasteiger partial charge in [0.15, 0.2) is 0 Å². The SMILES string of the molecule is CCOCCOCc1ccc(CNC2CC2)o1. The second kappa shape index (κ2) is 6.79. The summed E-state index contributed by atoms with van der Waals surface area (Å²) < 4.78 is 16.3. The molecule has 1 aromatic rings. The van der Waals surface area contributed by atoms with Crippen LogP contribution in [0, 0.1) is 0 Å². The van der Waals surface area contributed by atoms with E-state index in [1.807, 2.05) is 19.1 Å². The van der Waals surface area contributed by atoms with Crippen molar-refractivity contribution in [2.24, 2.45) is 0 Å². The number of furan rings is 1. The van der Waals surface area contributed by atoms with Crippen molar-refractivity contribution in [2.75, 3.05) is 19.8 Å². The first kappa shape index (κ1) is 12.6. The summed E-state index contributed by atoms with van der Waals surface area (Å²) in [6, 6.07) is 4.70. The lowest BCUT2D eigenvalue weighted by Crippen LogP contribution is -2.14. The van der Waals surface area contributed by atoms with E-state index in [1.165, 1.54) is 12.8 Å². The number of rotatable bonds is 9. The summed E-state index contributed by atoms with van der Waals surface area (Å²) in [5, 5.41) is 3.42. The molecule has 0 aromatic carbocycles. The van der Waals surface area contributed by atoms with Gasteiger partial charge in [0.2, 0.25) is 0 Å². The minimum Gasteiger partial charge on any atom is -0.462 e. The van der Waals surface area contributed by atoms with E-state index in [0.29, 0.717) is 25.9 Å². The van der Waals surface area contributed by atoms with Crippen LogP contribution in [-0.2, 0) is 22.6 Å². The van der Waals surface area contributed by atoms with Crippen molar-refractivity contribution in [3.05, 3.63) is 23.7 Å². The molecule has 0 amide bonds. The molecule has 1 heterocycles. The second-order valence-corrected chi connectivity index (χ2v) is 4.27. The predicted molar refractivity (Wildman–Crippen MR) is 64.7 cm³/mol. The van der Waals surface area contributed by atoms with Gasteiger partial charge in [0, 0.05) is 12.6 Å². The molecule has 4 heteroatoms. The fraction of sp³-hybridized carbons (Fsp3) is 0.692. The average molecular weight is 239 g/mol. The fourth-order valence-corrected chi connectivity index (χ4v) is 1.56. The molecule has 0 aliphatic heterocycles. The number of hydrogen-bond donors (Lipinski definition) is 1. The number of ether oxygens (including phenoxy) is 2. The largest absolute Gasteiger partial charge is 0.462 e. The number of nitrogens with one attached hydrogen (secondary N) is 1. The molecule has 96 valence electrons. The first-order valence-corrected chi connectivity index (χ1v) is 6.35. The van der Waals surface area contributed by atoms with Crippen LogP contribution in [0.1, 0.15) is 31.3 Å². The molecule has 1 aromatic heterocycles. The van der Waals surface area contributed by atoms with Crippen molar-refractivity contribution >= 4 is 0 Å². The third-order valence-corrected chi connectivity index (χ3v) is 2.68. The normalized spacial score (nSPS) is 15.4. The highest BCUT2D eigenvalue weighted by molar-refractivity contribution is 5.06. The van der Waals surface area contributed by atoms with E-state index in [-0.39, 0.29) is 0 Å². The predicted octanol–water partition coefficient (Wildman–Crippen LogP) is 2.08. The van der Waals surface area contributed by atoms with Crippen LogP contribution in [0.3, 0.4) is 0 Å². The minimum absolute atomic E-state index is 0.524. The lowest BCUT2D eigenvalue weighted by molar-refractivity contribution is 0.0387. The molecule has 4 nitrogen and oxygen atoms in total. The molecular weight excluding hydrogens is 218 g/mol. The standard InChI is InChI=1S/C13H21NO3/c1-2-15-7-8-16-10-13-6-5-12(17-13)9-14-11-3-4-11/h5-6,11,14H,2-4,7-10H2,1H3. The zero-order valence-corrected chi connectivity index (χ0v) is 10.4. The maximum Gasteiger partial charge on any atom is 0.129 e. The zero-order chi connectivity index (χ0) is 11.9. The van der Waals surface area contributed by atoms with Gasteiger partial charge >= 0.3 is 0 Å². The van der Waals surface area contributed by atoms with E-state index in [0.717, 1.165) is 24.7 Å². The molecule has 1 fully saturated rings. The fourth-order valence-electron chi connectivity index (χ4n) is 1.56. The highest BCUT2D eigenvalue weighted by Crippen LogP contribution is 2.19. The summed E-state index contributed by atoms with van der Waals surface area (Å²) in [7, 11) is 0. The van der Waals surface area contributed by atoms with Crippen molar-refractivity contribution in [3.63, 3.8) is 0 Å². The van der Waals surface area contributed by atoms with Gasteiger partial charge in [-0.05, 0) is 31.9 Å². The van der Waals surface area contributed by atoms with Gasteiger partial charge in [0.25, 0.3) is 0 Å². The highest BCUT2D eigenvalue weighted by atomic mass is 16.5. The van der Waals surface area contributed by atoms with Gasteiger partial charge in [0.1, 0.15) is 18.1 Å². The summed E-state index contributed by atoms with van der Waals surface area (Å²) in [6.07, 6.45) is 2.60. The molecule has 0 saturated heterocycles. The first-order chi connectivity index (χ1) is 8.38. The van der Waals surface area contributed by atoms with E-state index in [2.05, 4.69) is 5.32 Å². The Labute approximate surface area is 102 Å². The van der Waals surface area contributed by atoms with Crippen LogP contribution in [0.4, 0.5) is 0 Å². The average Bonchev–Trinajstić information content (AvgIpc) is 3.06. The molecule has 0 spiro atoms. The summed E-state index contributed by atoms with van der Waals surface area (Å²) in [5.74, 6) is 1.87. The van der Waals surface area contributed by atoms with Gasteiger partial charge in [-0.2, -0.15) is 0 Å². The summed E-state index contributed by atoms with van der Waals surface area (Å²) in [5.41, 5.74) is 0. The molecule has 1 aliphatic rings. The minimum atomic E-state index is 0.524. The van der Waals surface area contributed by atoms with Crippen molar-refractivity contribution in [2.45, 2.75) is 39.0 Å². The van der Waals surface area contributed by atoms with Crippen LogP contribution in [-0.4, -0.2) is 25.9 Å².